The quantitative estimate of drug-likeness (QED) is 0.668. The monoisotopic (exact) mass is 397 g/mol. The van der Waals surface area contributed by atoms with Crippen LogP contribution >= 0.6 is 0 Å². The van der Waals surface area contributed by atoms with Crippen LogP contribution in [-0.4, -0.2) is 15.9 Å². The molecular formula is C20H14F3N5O. The molecule has 1 amide bonds. The molecule has 0 saturated carbocycles. The van der Waals surface area contributed by atoms with Crippen molar-refractivity contribution in [3.8, 4) is 6.07 Å². The number of nitrogens with zero attached hydrogens (tertiary/aromatic N) is 3. The highest BCUT2D eigenvalue weighted by atomic mass is 19.4. The Kier molecular flexibility index (Phi) is 5.45. The molecule has 0 aliphatic carbocycles. The second-order valence-electron chi connectivity index (χ2n) is 6.03. The molecule has 146 valence electrons. The standard InChI is InChI=1S/C20H14F3N5O/c1-12-25-17(10-18(26-12)27-16-4-2-3-13(9-16)11-24)19(29)28-15-7-5-14(6-8-15)20(21,22)23/h2-10H,1H3,(H,28,29)(H,25,26,27). The van der Waals surface area contributed by atoms with Gasteiger partial charge in [0.15, 0.2) is 0 Å². The van der Waals surface area contributed by atoms with E-state index in [0.29, 0.717) is 22.9 Å². The summed E-state index contributed by atoms with van der Waals surface area (Å²) in [4.78, 5) is 20.7. The first kappa shape index (κ1) is 19.8. The zero-order valence-electron chi connectivity index (χ0n) is 15.1. The molecule has 9 heteroatoms. The number of rotatable bonds is 4. The summed E-state index contributed by atoms with van der Waals surface area (Å²) in [6.07, 6.45) is -4.45. The van der Waals surface area contributed by atoms with E-state index in [2.05, 4.69) is 20.6 Å². The predicted octanol–water partition coefficient (Wildman–Crippen LogP) is 4.67. The van der Waals surface area contributed by atoms with Crippen LogP contribution in [0.2, 0.25) is 0 Å². The van der Waals surface area contributed by atoms with E-state index in [1.54, 1.807) is 31.2 Å². The second kappa shape index (κ2) is 7.98. The SMILES string of the molecule is Cc1nc(Nc2cccc(C#N)c2)cc(C(=O)Nc2ccc(C(F)(F)F)cc2)n1. The fourth-order valence-corrected chi connectivity index (χ4v) is 2.50. The van der Waals surface area contributed by atoms with E-state index >= 15 is 0 Å². The number of hydrogen-bond acceptors (Lipinski definition) is 5. The van der Waals surface area contributed by atoms with Crippen LogP contribution < -0.4 is 10.6 Å². The Morgan fingerprint density at radius 3 is 2.41 bits per heavy atom. The molecule has 0 spiro atoms. The summed E-state index contributed by atoms with van der Waals surface area (Å²) in [7, 11) is 0. The summed E-state index contributed by atoms with van der Waals surface area (Å²) in [6.45, 7) is 1.60. The normalized spacial score (nSPS) is 10.9. The van der Waals surface area contributed by atoms with E-state index in [-0.39, 0.29) is 11.4 Å². The van der Waals surface area contributed by atoms with Gasteiger partial charge >= 0.3 is 6.18 Å². The molecule has 0 fully saturated rings. The molecule has 0 radical (unpaired) electrons. The minimum atomic E-state index is -4.45. The largest absolute Gasteiger partial charge is 0.416 e. The van der Waals surface area contributed by atoms with Gasteiger partial charge in [-0.2, -0.15) is 18.4 Å². The zero-order valence-corrected chi connectivity index (χ0v) is 15.1. The number of amides is 1. The highest BCUT2D eigenvalue weighted by molar-refractivity contribution is 6.03. The molecule has 3 rings (SSSR count). The number of aromatic nitrogens is 2. The van der Waals surface area contributed by atoms with Crippen molar-refractivity contribution in [1.82, 2.24) is 9.97 Å². The van der Waals surface area contributed by atoms with Crippen LogP contribution in [0.3, 0.4) is 0 Å². The average molecular weight is 397 g/mol. The molecular weight excluding hydrogens is 383 g/mol. The lowest BCUT2D eigenvalue weighted by Crippen LogP contribution is -2.15. The summed E-state index contributed by atoms with van der Waals surface area (Å²) in [5.74, 6) is 0.0678. The molecule has 0 saturated heterocycles. The average Bonchev–Trinajstić information content (AvgIpc) is 2.67. The summed E-state index contributed by atoms with van der Waals surface area (Å²) >= 11 is 0. The minimum absolute atomic E-state index is 0.0383. The summed E-state index contributed by atoms with van der Waals surface area (Å²) < 4.78 is 37.9. The summed E-state index contributed by atoms with van der Waals surface area (Å²) in [6, 6.07) is 14.3. The Morgan fingerprint density at radius 1 is 1.03 bits per heavy atom. The molecule has 1 aromatic heterocycles. The van der Waals surface area contributed by atoms with Crippen molar-refractivity contribution in [1.29, 1.82) is 5.26 Å². The van der Waals surface area contributed by atoms with E-state index in [4.69, 9.17) is 5.26 Å². The topological polar surface area (TPSA) is 90.7 Å². The fourth-order valence-electron chi connectivity index (χ4n) is 2.50. The van der Waals surface area contributed by atoms with Crippen LogP contribution in [0.5, 0.6) is 0 Å². The molecule has 3 aromatic rings. The first-order valence-electron chi connectivity index (χ1n) is 8.36. The lowest BCUT2D eigenvalue weighted by molar-refractivity contribution is -0.137. The van der Waals surface area contributed by atoms with E-state index in [9.17, 15) is 18.0 Å². The van der Waals surface area contributed by atoms with Crippen molar-refractivity contribution >= 4 is 23.1 Å². The zero-order chi connectivity index (χ0) is 21.0. The molecule has 6 nitrogen and oxygen atoms in total. The maximum Gasteiger partial charge on any atom is 0.416 e. The Morgan fingerprint density at radius 2 is 1.76 bits per heavy atom. The van der Waals surface area contributed by atoms with Gasteiger partial charge in [-0.25, -0.2) is 9.97 Å². The molecule has 0 aliphatic rings. The molecule has 2 aromatic carbocycles. The Balaban J connectivity index is 1.78. The molecule has 0 bridgehead atoms. The Bertz CT molecular complexity index is 1090. The van der Waals surface area contributed by atoms with Gasteiger partial charge in [-0.3, -0.25) is 4.79 Å². The van der Waals surface area contributed by atoms with Gasteiger partial charge in [-0.05, 0) is 49.4 Å². The molecule has 29 heavy (non-hydrogen) atoms. The van der Waals surface area contributed by atoms with Crippen LogP contribution in [0, 0.1) is 18.3 Å². The first-order valence-corrected chi connectivity index (χ1v) is 8.36. The number of halogens is 3. The lowest BCUT2D eigenvalue weighted by atomic mass is 10.2. The van der Waals surface area contributed by atoms with Gasteiger partial charge < -0.3 is 10.6 Å². The fraction of sp³-hybridized carbons (Fsp3) is 0.100. The highest BCUT2D eigenvalue weighted by Gasteiger charge is 2.30. The number of aryl methyl sites for hydroxylation is 1. The molecule has 0 unspecified atom stereocenters. The van der Waals surface area contributed by atoms with E-state index in [0.717, 1.165) is 12.1 Å². The van der Waals surface area contributed by atoms with Crippen LogP contribution in [-0.2, 0) is 6.18 Å². The maximum absolute atomic E-state index is 12.6. The van der Waals surface area contributed by atoms with Crippen molar-refractivity contribution in [2.24, 2.45) is 0 Å². The molecule has 0 aliphatic heterocycles. The van der Waals surface area contributed by atoms with E-state index in [1.807, 2.05) is 6.07 Å². The van der Waals surface area contributed by atoms with E-state index in [1.165, 1.54) is 18.2 Å². The summed E-state index contributed by atoms with van der Waals surface area (Å²) in [5.41, 5.74) is 0.503. The van der Waals surface area contributed by atoms with Crippen molar-refractivity contribution in [2.45, 2.75) is 13.1 Å². The van der Waals surface area contributed by atoms with Crippen LogP contribution in [0.4, 0.5) is 30.4 Å². The maximum atomic E-state index is 12.6. The van der Waals surface area contributed by atoms with Gasteiger partial charge in [-0.1, -0.05) is 6.07 Å². The Hall–Kier alpha value is -3.93. The lowest BCUT2D eigenvalue weighted by Gasteiger charge is -2.10. The van der Waals surface area contributed by atoms with Crippen LogP contribution in [0.15, 0.2) is 54.6 Å². The third-order valence-corrected chi connectivity index (χ3v) is 3.80. The van der Waals surface area contributed by atoms with Crippen molar-refractivity contribution in [2.75, 3.05) is 10.6 Å². The van der Waals surface area contributed by atoms with Crippen molar-refractivity contribution in [3.05, 3.63) is 77.2 Å². The third kappa shape index (κ3) is 5.07. The highest BCUT2D eigenvalue weighted by Crippen LogP contribution is 2.29. The molecule has 0 atom stereocenters. The second-order valence-corrected chi connectivity index (χ2v) is 6.03. The number of nitriles is 1. The van der Waals surface area contributed by atoms with Crippen molar-refractivity contribution in [3.63, 3.8) is 0 Å². The molecule has 1 heterocycles. The predicted molar refractivity (Wildman–Crippen MR) is 101 cm³/mol. The van der Waals surface area contributed by atoms with Crippen LogP contribution in [0.1, 0.15) is 27.4 Å². The smallest absolute Gasteiger partial charge is 0.340 e. The van der Waals surface area contributed by atoms with Gasteiger partial charge in [0.2, 0.25) is 0 Å². The number of anilines is 3. The third-order valence-electron chi connectivity index (χ3n) is 3.80. The minimum Gasteiger partial charge on any atom is -0.340 e. The number of alkyl halides is 3. The van der Waals surface area contributed by atoms with Gasteiger partial charge in [0.1, 0.15) is 17.3 Å². The van der Waals surface area contributed by atoms with Gasteiger partial charge in [0, 0.05) is 17.4 Å². The first-order chi connectivity index (χ1) is 13.7. The molecule has 2 N–H and O–H groups in total. The van der Waals surface area contributed by atoms with Gasteiger partial charge in [0.05, 0.1) is 17.2 Å². The number of carbonyl (C=O) groups is 1. The van der Waals surface area contributed by atoms with Gasteiger partial charge in [-0.15, -0.1) is 0 Å². The summed E-state index contributed by atoms with van der Waals surface area (Å²) in [5, 5.41) is 14.5. The number of hydrogen-bond donors (Lipinski definition) is 2. The number of nitrogens with one attached hydrogen (secondary N) is 2. The van der Waals surface area contributed by atoms with Gasteiger partial charge in [0.25, 0.3) is 5.91 Å². The van der Waals surface area contributed by atoms with Crippen LogP contribution in [0.25, 0.3) is 0 Å². The van der Waals surface area contributed by atoms with E-state index < -0.39 is 17.6 Å². The number of benzene rings is 2. The number of carbonyl (C=O) groups excluding carboxylic acids is 1. The Labute approximate surface area is 164 Å². The van der Waals surface area contributed by atoms with Crippen molar-refractivity contribution < 1.29 is 18.0 Å².